The van der Waals surface area contributed by atoms with E-state index in [1.165, 1.54) is 12.5 Å². The van der Waals surface area contributed by atoms with Crippen LogP contribution in [0.25, 0.3) is 10.8 Å². The van der Waals surface area contributed by atoms with Crippen LogP contribution in [0.2, 0.25) is 0 Å². The van der Waals surface area contributed by atoms with Gasteiger partial charge in [0.2, 0.25) is 0 Å². The summed E-state index contributed by atoms with van der Waals surface area (Å²) >= 11 is 0. The van der Waals surface area contributed by atoms with Gasteiger partial charge in [0.1, 0.15) is 5.82 Å². The average molecular weight is 313 g/mol. The molecule has 2 nitrogen and oxygen atoms in total. The van der Waals surface area contributed by atoms with Gasteiger partial charge in [0.25, 0.3) is 5.91 Å². The van der Waals surface area contributed by atoms with Crippen molar-refractivity contribution in [3.8, 4) is 0 Å². The van der Waals surface area contributed by atoms with Crippen molar-refractivity contribution in [2.24, 2.45) is 11.3 Å². The van der Waals surface area contributed by atoms with Gasteiger partial charge in [0.15, 0.2) is 0 Å². The predicted molar refractivity (Wildman–Crippen MR) is 92.0 cm³/mol. The Bertz CT molecular complexity index is 737. The van der Waals surface area contributed by atoms with E-state index in [1.54, 1.807) is 24.3 Å². The van der Waals surface area contributed by atoms with Gasteiger partial charge in [-0.25, -0.2) is 4.39 Å². The number of nitrogens with one attached hydrogen (secondary N) is 1. The van der Waals surface area contributed by atoms with Gasteiger partial charge in [-0.3, -0.25) is 4.79 Å². The van der Waals surface area contributed by atoms with Gasteiger partial charge in [-0.2, -0.15) is 0 Å². The molecule has 2 atom stereocenters. The quantitative estimate of drug-likeness (QED) is 0.837. The molecule has 0 aliphatic heterocycles. The molecule has 1 fully saturated rings. The van der Waals surface area contributed by atoms with Gasteiger partial charge in [0, 0.05) is 17.0 Å². The SMILES string of the molecule is C[C@H]1C[C@@H](NC(=O)c2ccc(F)c3ccccc23)CC(C)(C)C1. The second-order valence-electron chi connectivity index (χ2n) is 7.72. The fourth-order valence-corrected chi connectivity index (χ4v) is 4.18. The molecule has 0 radical (unpaired) electrons. The molecule has 1 saturated carbocycles. The number of fused-ring (bicyclic) bond motifs is 1. The number of carbonyl (C=O) groups excluding carboxylic acids is 1. The maximum Gasteiger partial charge on any atom is 0.252 e. The van der Waals surface area contributed by atoms with Crippen molar-refractivity contribution < 1.29 is 9.18 Å². The first kappa shape index (κ1) is 16.0. The third kappa shape index (κ3) is 3.39. The molecule has 2 aromatic rings. The van der Waals surface area contributed by atoms with Gasteiger partial charge < -0.3 is 5.32 Å². The molecule has 2 aromatic carbocycles. The fourth-order valence-electron chi connectivity index (χ4n) is 4.18. The van der Waals surface area contributed by atoms with Crippen molar-refractivity contribution in [2.75, 3.05) is 0 Å². The number of hydrogen-bond donors (Lipinski definition) is 1. The van der Waals surface area contributed by atoms with E-state index in [4.69, 9.17) is 0 Å². The molecule has 1 aliphatic rings. The molecule has 0 spiro atoms. The average Bonchev–Trinajstić information content (AvgIpc) is 2.45. The third-order valence-corrected chi connectivity index (χ3v) is 4.84. The highest BCUT2D eigenvalue weighted by molar-refractivity contribution is 6.07. The monoisotopic (exact) mass is 313 g/mol. The minimum atomic E-state index is -0.287. The molecule has 0 saturated heterocycles. The van der Waals surface area contributed by atoms with Gasteiger partial charge >= 0.3 is 0 Å². The Labute approximate surface area is 137 Å². The molecular weight excluding hydrogens is 289 g/mol. The highest BCUT2D eigenvalue weighted by Gasteiger charge is 2.33. The van der Waals surface area contributed by atoms with E-state index >= 15 is 0 Å². The zero-order valence-corrected chi connectivity index (χ0v) is 14.0. The highest BCUT2D eigenvalue weighted by Crippen LogP contribution is 2.38. The number of rotatable bonds is 2. The van der Waals surface area contributed by atoms with E-state index < -0.39 is 0 Å². The second-order valence-corrected chi connectivity index (χ2v) is 7.72. The Morgan fingerprint density at radius 3 is 2.52 bits per heavy atom. The summed E-state index contributed by atoms with van der Waals surface area (Å²) in [5.41, 5.74) is 0.804. The Hall–Kier alpha value is -1.90. The first-order valence-corrected chi connectivity index (χ1v) is 8.34. The summed E-state index contributed by atoms with van der Waals surface area (Å²) in [5, 5.41) is 4.34. The zero-order chi connectivity index (χ0) is 16.6. The van der Waals surface area contributed by atoms with E-state index in [9.17, 15) is 9.18 Å². The molecule has 0 aromatic heterocycles. The van der Waals surface area contributed by atoms with Crippen molar-refractivity contribution in [3.05, 3.63) is 47.8 Å². The Kier molecular flexibility index (Phi) is 4.13. The van der Waals surface area contributed by atoms with Crippen LogP contribution in [0, 0.1) is 17.2 Å². The Balaban J connectivity index is 1.86. The molecule has 122 valence electrons. The van der Waals surface area contributed by atoms with Crippen molar-refractivity contribution in [1.82, 2.24) is 5.32 Å². The van der Waals surface area contributed by atoms with E-state index in [0.29, 0.717) is 22.3 Å². The molecule has 0 bridgehead atoms. The van der Waals surface area contributed by atoms with Crippen molar-refractivity contribution in [2.45, 2.75) is 46.1 Å². The maximum absolute atomic E-state index is 13.9. The summed E-state index contributed by atoms with van der Waals surface area (Å²) in [4.78, 5) is 12.7. The number of amides is 1. The van der Waals surface area contributed by atoms with Crippen molar-refractivity contribution >= 4 is 16.7 Å². The smallest absolute Gasteiger partial charge is 0.252 e. The fraction of sp³-hybridized carbons (Fsp3) is 0.450. The molecule has 0 heterocycles. The lowest BCUT2D eigenvalue weighted by atomic mass is 9.70. The molecule has 1 N–H and O–H groups in total. The normalized spacial score (nSPS) is 23.7. The van der Waals surface area contributed by atoms with E-state index in [1.807, 2.05) is 6.07 Å². The number of carbonyl (C=O) groups is 1. The van der Waals surface area contributed by atoms with Crippen molar-refractivity contribution in [3.63, 3.8) is 0 Å². The lowest BCUT2D eigenvalue weighted by molar-refractivity contribution is 0.0876. The minimum absolute atomic E-state index is 0.101. The number of hydrogen-bond acceptors (Lipinski definition) is 1. The lowest BCUT2D eigenvalue weighted by Gasteiger charge is -2.39. The van der Waals surface area contributed by atoms with Gasteiger partial charge in [-0.15, -0.1) is 0 Å². The largest absolute Gasteiger partial charge is 0.349 e. The van der Waals surface area contributed by atoms with Crippen LogP contribution in [-0.2, 0) is 0 Å². The Morgan fingerprint density at radius 2 is 1.83 bits per heavy atom. The summed E-state index contributed by atoms with van der Waals surface area (Å²) in [6, 6.07) is 10.3. The van der Waals surface area contributed by atoms with Crippen LogP contribution < -0.4 is 5.32 Å². The van der Waals surface area contributed by atoms with Crippen molar-refractivity contribution in [1.29, 1.82) is 0 Å². The van der Waals surface area contributed by atoms with Crippen LogP contribution in [0.4, 0.5) is 4.39 Å². The van der Waals surface area contributed by atoms with Gasteiger partial charge in [-0.1, -0.05) is 45.0 Å². The van der Waals surface area contributed by atoms with Crippen LogP contribution in [0.1, 0.15) is 50.4 Å². The van der Waals surface area contributed by atoms with E-state index in [-0.39, 0.29) is 23.2 Å². The number of benzene rings is 2. The first-order chi connectivity index (χ1) is 10.9. The van der Waals surface area contributed by atoms with E-state index in [0.717, 1.165) is 12.8 Å². The van der Waals surface area contributed by atoms with Gasteiger partial charge in [-0.05, 0) is 48.1 Å². The lowest BCUT2D eigenvalue weighted by Crippen LogP contribution is -2.43. The second kappa shape index (κ2) is 5.95. The first-order valence-electron chi connectivity index (χ1n) is 8.34. The summed E-state index contributed by atoms with van der Waals surface area (Å²) in [6.45, 7) is 6.76. The molecule has 1 aliphatic carbocycles. The minimum Gasteiger partial charge on any atom is -0.349 e. The summed E-state index contributed by atoms with van der Waals surface area (Å²) < 4.78 is 13.9. The van der Waals surface area contributed by atoms with E-state index in [2.05, 4.69) is 26.1 Å². The summed E-state index contributed by atoms with van der Waals surface area (Å²) in [5.74, 6) is 0.217. The highest BCUT2D eigenvalue weighted by atomic mass is 19.1. The molecule has 3 rings (SSSR count). The standard InChI is InChI=1S/C20H24FNO/c1-13-10-14(12-20(2,3)11-13)22-19(23)17-8-9-18(21)16-7-5-4-6-15(16)17/h4-9,13-14H,10-12H2,1-3H3,(H,22,23)/t13-,14+/m0/s1. The molecule has 1 amide bonds. The van der Waals surface area contributed by atoms with Crippen LogP contribution >= 0.6 is 0 Å². The maximum atomic E-state index is 13.9. The Morgan fingerprint density at radius 1 is 1.13 bits per heavy atom. The summed E-state index contributed by atoms with van der Waals surface area (Å²) in [7, 11) is 0. The molecule has 23 heavy (non-hydrogen) atoms. The third-order valence-electron chi connectivity index (χ3n) is 4.84. The topological polar surface area (TPSA) is 29.1 Å². The summed E-state index contributed by atoms with van der Waals surface area (Å²) in [6.07, 6.45) is 3.19. The molecule has 3 heteroatoms. The number of halogens is 1. The molecular formula is C20H24FNO. The van der Waals surface area contributed by atoms with Crippen LogP contribution in [0.3, 0.4) is 0 Å². The zero-order valence-electron chi connectivity index (χ0n) is 14.0. The predicted octanol–water partition coefficient (Wildman–Crippen LogP) is 4.92. The van der Waals surface area contributed by atoms with Crippen LogP contribution in [0.15, 0.2) is 36.4 Å². The van der Waals surface area contributed by atoms with Crippen LogP contribution in [-0.4, -0.2) is 11.9 Å². The van der Waals surface area contributed by atoms with Crippen LogP contribution in [0.5, 0.6) is 0 Å². The van der Waals surface area contributed by atoms with Gasteiger partial charge in [0.05, 0.1) is 0 Å². The molecule has 0 unspecified atom stereocenters.